The van der Waals surface area contributed by atoms with Gasteiger partial charge in [0.25, 0.3) is 0 Å². The van der Waals surface area contributed by atoms with E-state index in [4.69, 9.17) is 14.6 Å². The predicted octanol–water partition coefficient (Wildman–Crippen LogP) is -1.40. The lowest BCUT2D eigenvalue weighted by Gasteiger charge is -2.40. The molecule has 0 amide bonds. The van der Waals surface area contributed by atoms with Gasteiger partial charge in [0.05, 0.1) is 12.7 Å². The fraction of sp³-hybridized carbons (Fsp3) is 1.00. The van der Waals surface area contributed by atoms with Crippen LogP contribution in [-0.4, -0.2) is 64.3 Å². The van der Waals surface area contributed by atoms with Crippen molar-refractivity contribution in [2.45, 2.75) is 50.5 Å². The highest BCUT2D eigenvalue weighted by atomic mass is 16.7. The second kappa shape index (κ2) is 6.48. The van der Waals surface area contributed by atoms with Gasteiger partial charge >= 0.3 is 0 Å². The molecule has 0 spiro atoms. The minimum atomic E-state index is -1.27. The molecule has 0 radical (unpaired) electrons. The van der Waals surface area contributed by atoms with Crippen LogP contribution in [0.3, 0.4) is 0 Å². The Balaban J connectivity index is 2.50. The van der Waals surface area contributed by atoms with Gasteiger partial charge in [-0.3, -0.25) is 0 Å². The van der Waals surface area contributed by atoms with E-state index in [2.05, 4.69) is 0 Å². The van der Waals surface area contributed by atoms with Crippen molar-refractivity contribution >= 4 is 0 Å². The minimum absolute atomic E-state index is 0.00873. The Morgan fingerprint density at radius 1 is 1.12 bits per heavy atom. The van der Waals surface area contributed by atoms with E-state index in [0.29, 0.717) is 12.8 Å². The first-order valence-corrected chi connectivity index (χ1v) is 5.54. The van der Waals surface area contributed by atoms with Gasteiger partial charge in [-0.25, -0.2) is 0 Å². The summed E-state index contributed by atoms with van der Waals surface area (Å²) in [5, 5.41) is 37.3. The molecule has 4 N–H and O–H groups in total. The molecule has 0 aromatic rings. The SMILES string of the molecule is CC[C@H]1O[C@H](OCCCO)[C@H](O)[C@@H](O)[C@@H]1O. The van der Waals surface area contributed by atoms with Gasteiger partial charge in [-0.1, -0.05) is 6.92 Å². The summed E-state index contributed by atoms with van der Waals surface area (Å²) >= 11 is 0. The highest BCUT2D eigenvalue weighted by molar-refractivity contribution is 4.88. The summed E-state index contributed by atoms with van der Waals surface area (Å²) in [6, 6.07) is 0. The Morgan fingerprint density at radius 2 is 1.81 bits per heavy atom. The summed E-state index contributed by atoms with van der Waals surface area (Å²) in [4.78, 5) is 0. The van der Waals surface area contributed by atoms with Crippen molar-refractivity contribution in [2.24, 2.45) is 0 Å². The molecule has 0 aromatic heterocycles. The molecule has 1 heterocycles. The first kappa shape index (κ1) is 13.8. The quantitative estimate of drug-likeness (QED) is 0.438. The third-order valence-corrected chi connectivity index (χ3v) is 2.66. The predicted molar refractivity (Wildman–Crippen MR) is 54.6 cm³/mol. The highest BCUT2D eigenvalue weighted by Gasteiger charge is 2.43. The van der Waals surface area contributed by atoms with Gasteiger partial charge in [0, 0.05) is 6.61 Å². The van der Waals surface area contributed by atoms with Crippen molar-refractivity contribution in [2.75, 3.05) is 13.2 Å². The second-order valence-electron chi connectivity index (χ2n) is 3.87. The van der Waals surface area contributed by atoms with Crippen LogP contribution in [0.4, 0.5) is 0 Å². The van der Waals surface area contributed by atoms with Crippen molar-refractivity contribution in [3.8, 4) is 0 Å². The summed E-state index contributed by atoms with van der Waals surface area (Å²) in [6.07, 6.45) is -4.17. The molecular formula is C10H20O6. The molecule has 6 heteroatoms. The van der Waals surface area contributed by atoms with Crippen LogP contribution in [0, 0.1) is 0 Å². The molecule has 1 aliphatic heterocycles. The summed E-state index contributed by atoms with van der Waals surface area (Å²) in [6.45, 7) is 2.03. The third-order valence-electron chi connectivity index (χ3n) is 2.66. The average Bonchev–Trinajstić information content (AvgIpc) is 2.29. The number of aliphatic hydroxyl groups is 4. The van der Waals surface area contributed by atoms with Gasteiger partial charge in [0.1, 0.15) is 18.3 Å². The molecule has 1 rings (SSSR count). The van der Waals surface area contributed by atoms with Crippen molar-refractivity contribution in [1.82, 2.24) is 0 Å². The lowest BCUT2D eigenvalue weighted by Crippen LogP contribution is -2.58. The number of aliphatic hydroxyl groups excluding tert-OH is 4. The van der Waals surface area contributed by atoms with Crippen molar-refractivity contribution in [1.29, 1.82) is 0 Å². The van der Waals surface area contributed by atoms with Crippen molar-refractivity contribution in [3.63, 3.8) is 0 Å². The van der Waals surface area contributed by atoms with E-state index >= 15 is 0 Å². The van der Waals surface area contributed by atoms with E-state index in [1.54, 1.807) is 0 Å². The maximum atomic E-state index is 9.60. The molecule has 1 saturated heterocycles. The van der Waals surface area contributed by atoms with Crippen LogP contribution in [0.1, 0.15) is 19.8 Å². The van der Waals surface area contributed by atoms with Gasteiger partial charge in [-0.15, -0.1) is 0 Å². The number of ether oxygens (including phenoxy) is 2. The zero-order valence-electron chi connectivity index (χ0n) is 9.32. The number of hydrogen-bond acceptors (Lipinski definition) is 6. The molecular weight excluding hydrogens is 216 g/mol. The minimum Gasteiger partial charge on any atom is -0.396 e. The first-order chi connectivity index (χ1) is 7.61. The molecule has 6 nitrogen and oxygen atoms in total. The number of rotatable bonds is 5. The van der Waals surface area contributed by atoms with Crippen LogP contribution in [0.5, 0.6) is 0 Å². The van der Waals surface area contributed by atoms with Crippen LogP contribution >= 0.6 is 0 Å². The third kappa shape index (κ3) is 3.13. The number of hydrogen-bond donors (Lipinski definition) is 4. The molecule has 1 fully saturated rings. The van der Waals surface area contributed by atoms with Gasteiger partial charge < -0.3 is 29.9 Å². The van der Waals surface area contributed by atoms with Crippen molar-refractivity contribution in [3.05, 3.63) is 0 Å². The summed E-state index contributed by atoms with van der Waals surface area (Å²) in [5.74, 6) is 0. The fourth-order valence-electron chi connectivity index (χ4n) is 1.66. The Labute approximate surface area is 94.4 Å². The van der Waals surface area contributed by atoms with Gasteiger partial charge in [0.2, 0.25) is 0 Å². The molecule has 0 aliphatic carbocycles. The maximum absolute atomic E-state index is 9.60. The van der Waals surface area contributed by atoms with E-state index in [1.807, 2.05) is 6.92 Å². The standard InChI is InChI=1S/C10H20O6/c1-2-6-7(12)8(13)9(14)10(16-6)15-5-3-4-11/h6-14H,2-5H2,1H3/t6-,7-,8+,9-,10+/m1/s1. The summed E-state index contributed by atoms with van der Waals surface area (Å²) < 4.78 is 10.5. The Hall–Kier alpha value is -0.240. The topological polar surface area (TPSA) is 99.4 Å². The van der Waals surface area contributed by atoms with Crippen LogP contribution in [0.15, 0.2) is 0 Å². The fourth-order valence-corrected chi connectivity index (χ4v) is 1.66. The van der Waals surface area contributed by atoms with Crippen LogP contribution in [0.25, 0.3) is 0 Å². The van der Waals surface area contributed by atoms with Gasteiger partial charge in [0.15, 0.2) is 6.29 Å². The largest absolute Gasteiger partial charge is 0.396 e. The normalized spacial score (nSPS) is 39.9. The highest BCUT2D eigenvalue weighted by Crippen LogP contribution is 2.23. The molecule has 5 atom stereocenters. The second-order valence-corrected chi connectivity index (χ2v) is 3.87. The zero-order valence-corrected chi connectivity index (χ0v) is 9.32. The van der Waals surface area contributed by atoms with E-state index in [-0.39, 0.29) is 13.2 Å². The average molecular weight is 236 g/mol. The lowest BCUT2D eigenvalue weighted by atomic mass is 9.97. The lowest BCUT2D eigenvalue weighted by molar-refractivity contribution is -0.297. The summed E-state index contributed by atoms with van der Waals surface area (Å²) in [7, 11) is 0. The maximum Gasteiger partial charge on any atom is 0.186 e. The zero-order chi connectivity index (χ0) is 12.1. The molecule has 1 aliphatic rings. The van der Waals surface area contributed by atoms with Gasteiger partial charge in [-0.05, 0) is 12.8 Å². The monoisotopic (exact) mass is 236 g/mol. The molecule has 0 saturated carbocycles. The molecule has 16 heavy (non-hydrogen) atoms. The van der Waals surface area contributed by atoms with Crippen LogP contribution < -0.4 is 0 Å². The van der Waals surface area contributed by atoms with E-state index in [9.17, 15) is 15.3 Å². The van der Waals surface area contributed by atoms with Crippen molar-refractivity contribution < 1.29 is 29.9 Å². The smallest absolute Gasteiger partial charge is 0.186 e. The molecule has 0 aromatic carbocycles. The molecule has 96 valence electrons. The van der Waals surface area contributed by atoms with Crippen LogP contribution in [-0.2, 0) is 9.47 Å². The summed E-state index contributed by atoms with van der Waals surface area (Å²) in [5.41, 5.74) is 0. The Bertz CT molecular complexity index is 198. The molecule has 0 bridgehead atoms. The molecule has 0 unspecified atom stereocenters. The van der Waals surface area contributed by atoms with Crippen LogP contribution in [0.2, 0.25) is 0 Å². The Morgan fingerprint density at radius 3 is 2.38 bits per heavy atom. The van der Waals surface area contributed by atoms with E-state index in [1.165, 1.54) is 0 Å². The van der Waals surface area contributed by atoms with E-state index < -0.39 is 30.7 Å². The first-order valence-electron chi connectivity index (χ1n) is 5.54. The Kier molecular flexibility index (Phi) is 5.60. The van der Waals surface area contributed by atoms with Gasteiger partial charge in [-0.2, -0.15) is 0 Å². The van der Waals surface area contributed by atoms with E-state index in [0.717, 1.165) is 0 Å².